The van der Waals surface area contributed by atoms with E-state index in [4.69, 9.17) is 11.7 Å². The maximum atomic E-state index is 12.7. The van der Waals surface area contributed by atoms with Crippen LogP contribution < -0.4 is 0 Å². The van der Waals surface area contributed by atoms with Gasteiger partial charge in [-0.3, -0.25) is 0 Å². The molecular weight excluding hydrogens is 243 g/mol. The van der Waals surface area contributed by atoms with Crippen molar-refractivity contribution in [3.8, 4) is 18.4 Å². The SMILES string of the molecule is C#CCN(CC#N)S(=O)(=O)c1ccc(F)cc1. The molecule has 0 unspecified atom stereocenters. The molecule has 4 nitrogen and oxygen atoms in total. The molecule has 17 heavy (non-hydrogen) atoms. The van der Waals surface area contributed by atoms with Gasteiger partial charge in [0.25, 0.3) is 0 Å². The van der Waals surface area contributed by atoms with Gasteiger partial charge in [0.2, 0.25) is 10.0 Å². The highest BCUT2D eigenvalue weighted by Gasteiger charge is 2.23. The molecule has 0 spiro atoms. The van der Waals surface area contributed by atoms with Crippen molar-refractivity contribution in [3.63, 3.8) is 0 Å². The predicted molar refractivity (Wildman–Crippen MR) is 59.6 cm³/mol. The zero-order valence-electron chi connectivity index (χ0n) is 8.80. The van der Waals surface area contributed by atoms with Gasteiger partial charge in [0, 0.05) is 0 Å². The molecule has 0 radical (unpaired) electrons. The van der Waals surface area contributed by atoms with Gasteiger partial charge in [0.1, 0.15) is 12.4 Å². The molecular formula is C11H9FN2O2S. The van der Waals surface area contributed by atoms with E-state index < -0.39 is 15.8 Å². The van der Waals surface area contributed by atoms with Crippen LogP contribution in [0.4, 0.5) is 4.39 Å². The summed E-state index contributed by atoms with van der Waals surface area (Å²) >= 11 is 0. The first-order valence-corrected chi connectivity index (χ1v) is 6.02. The summed E-state index contributed by atoms with van der Waals surface area (Å²) < 4.78 is 37.5. The number of hydrogen-bond donors (Lipinski definition) is 0. The lowest BCUT2D eigenvalue weighted by Gasteiger charge is -2.16. The minimum absolute atomic E-state index is 0.0931. The monoisotopic (exact) mass is 252 g/mol. The molecule has 0 amide bonds. The summed E-state index contributed by atoms with van der Waals surface area (Å²) in [5, 5.41) is 8.53. The highest BCUT2D eigenvalue weighted by atomic mass is 32.2. The summed E-state index contributed by atoms with van der Waals surface area (Å²) in [5.41, 5.74) is 0. The van der Waals surface area contributed by atoms with Crippen LogP contribution in [0, 0.1) is 29.5 Å². The maximum absolute atomic E-state index is 12.7. The van der Waals surface area contributed by atoms with Gasteiger partial charge in [-0.05, 0) is 24.3 Å². The van der Waals surface area contributed by atoms with Crippen molar-refractivity contribution >= 4 is 10.0 Å². The molecule has 0 atom stereocenters. The van der Waals surface area contributed by atoms with Crippen LogP contribution in [0.2, 0.25) is 0 Å². The summed E-state index contributed by atoms with van der Waals surface area (Å²) in [4.78, 5) is -0.0931. The number of sulfonamides is 1. The minimum atomic E-state index is -3.84. The first-order chi connectivity index (χ1) is 8.02. The summed E-state index contributed by atoms with van der Waals surface area (Å²) in [7, 11) is -3.84. The predicted octanol–water partition coefficient (Wildman–Crippen LogP) is 0.973. The van der Waals surface area contributed by atoms with Crippen molar-refractivity contribution in [1.29, 1.82) is 5.26 Å². The third kappa shape index (κ3) is 3.04. The Morgan fingerprint density at radius 1 is 1.29 bits per heavy atom. The van der Waals surface area contributed by atoms with Crippen LogP contribution in [0.15, 0.2) is 29.2 Å². The van der Waals surface area contributed by atoms with E-state index >= 15 is 0 Å². The molecule has 0 saturated carbocycles. The van der Waals surface area contributed by atoms with Crippen LogP contribution in [0.5, 0.6) is 0 Å². The second kappa shape index (κ2) is 5.44. The standard InChI is InChI=1S/C11H9FN2O2S/c1-2-8-14(9-7-13)17(15,16)11-5-3-10(12)4-6-11/h1,3-6H,8-9H2. The van der Waals surface area contributed by atoms with Crippen molar-refractivity contribution in [2.75, 3.05) is 13.1 Å². The van der Waals surface area contributed by atoms with Crippen LogP contribution in [-0.4, -0.2) is 25.8 Å². The molecule has 0 aliphatic carbocycles. The summed E-state index contributed by atoms with van der Waals surface area (Å²) in [6.07, 6.45) is 5.03. The van der Waals surface area contributed by atoms with E-state index in [1.807, 2.05) is 0 Å². The topological polar surface area (TPSA) is 61.2 Å². The van der Waals surface area contributed by atoms with Gasteiger partial charge in [-0.2, -0.15) is 9.57 Å². The molecule has 0 bridgehead atoms. The fourth-order valence-electron chi connectivity index (χ4n) is 1.16. The highest BCUT2D eigenvalue weighted by molar-refractivity contribution is 7.89. The Morgan fingerprint density at radius 2 is 1.88 bits per heavy atom. The van der Waals surface area contributed by atoms with Crippen LogP contribution >= 0.6 is 0 Å². The third-order valence-electron chi connectivity index (χ3n) is 1.97. The van der Waals surface area contributed by atoms with Gasteiger partial charge in [0.05, 0.1) is 17.5 Å². The van der Waals surface area contributed by atoms with E-state index in [-0.39, 0.29) is 18.0 Å². The lowest BCUT2D eigenvalue weighted by atomic mass is 10.4. The molecule has 1 rings (SSSR count). The molecule has 0 fully saturated rings. The number of rotatable bonds is 4. The van der Waals surface area contributed by atoms with Crippen molar-refractivity contribution in [1.82, 2.24) is 4.31 Å². The fourth-order valence-corrected chi connectivity index (χ4v) is 2.41. The molecule has 0 heterocycles. The number of nitriles is 1. The van der Waals surface area contributed by atoms with Gasteiger partial charge in [0.15, 0.2) is 0 Å². The Balaban J connectivity index is 3.13. The van der Waals surface area contributed by atoms with E-state index in [0.717, 1.165) is 28.6 Å². The average molecular weight is 252 g/mol. The number of hydrogen-bond acceptors (Lipinski definition) is 3. The molecule has 0 N–H and O–H groups in total. The summed E-state index contributed by atoms with van der Waals surface area (Å²) in [5.74, 6) is 1.63. The Morgan fingerprint density at radius 3 is 2.35 bits per heavy atom. The van der Waals surface area contributed by atoms with Crippen molar-refractivity contribution < 1.29 is 12.8 Å². The number of terminal acetylenes is 1. The number of benzene rings is 1. The Bertz CT molecular complexity index is 551. The van der Waals surface area contributed by atoms with Crippen LogP contribution in [0.1, 0.15) is 0 Å². The zero-order chi connectivity index (χ0) is 12.9. The minimum Gasteiger partial charge on any atom is -0.207 e. The first kappa shape index (κ1) is 13.2. The normalized spacial score (nSPS) is 10.8. The molecule has 0 aliphatic rings. The first-order valence-electron chi connectivity index (χ1n) is 4.58. The van der Waals surface area contributed by atoms with E-state index in [2.05, 4.69) is 5.92 Å². The smallest absolute Gasteiger partial charge is 0.207 e. The zero-order valence-corrected chi connectivity index (χ0v) is 9.61. The second-order valence-corrected chi connectivity index (χ2v) is 5.03. The Labute approximate surface area is 99.3 Å². The molecule has 1 aromatic carbocycles. The fraction of sp³-hybridized carbons (Fsp3) is 0.182. The Hall–Kier alpha value is -1.89. The third-order valence-corrected chi connectivity index (χ3v) is 3.77. The van der Waals surface area contributed by atoms with Crippen LogP contribution in [0.3, 0.4) is 0 Å². The average Bonchev–Trinajstić information content (AvgIpc) is 2.29. The lowest BCUT2D eigenvalue weighted by Crippen LogP contribution is -2.31. The van der Waals surface area contributed by atoms with Crippen molar-refractivity contribution in [3.05, 3.63) is 30.1 Å². The van der Waals surface area contributed by atoms with Crippen LogP contribution in [0.25, 0.3) is 0 Å². The van der Waals surface area contributed by atoms with E-state index in [9.17, 15) is 12.8 Å². The van der Waals surface area contributed by atoms with Gasteiger partial charge < -0.3 is 0 Å². The van der Waals surface area contributed by atoms with Crippen molar-refractivity contribution in [2.45, 2.75) is 4.90 Å². The molecule has 0 aliphatic heterocycles. The van der Waals surface area contributed by atoms with Crippen LogP contribution in [-0.2, 0) is 10.0 Å². The summed E-state index contributed by atoms with van der Waals surface area (Å²) in [6, 6.07) is 6.05. The molecule has 0 saturated heterocycles. The van der Waals surface area contributed by atoms with Gasteiger partial charge >= 0.3 is 0 Å². The van der Waals surface area contributed by atoms with E-state index in [1.54, 1.807) is 6.07 Å². The largest absolute Gasteiger partial charge is 0.244 e. The van der Waals surface area contributed by atoms with E-state index in [0.29, 0.717) is 0 Å². The quantitative estimate of drug-likeness (QED) is 0.592. The molecule has 6 heteroatoms. The molecule has 0 aromatic heterocycles. The summed E-state index contributed by atoms with van der Waals surface area (Å²) in [6.45, 7) is -0.544. The van der Waals surface area contributed by atoms with Crippen molar-refractivity contribution in [2.24, 2.45) is 0 Å². The molecule has 88 valence electrons. The van der Waals surface area contributed by atoms with Gasteiger partial charge in [-0.25, -0.2) is 12.8 Å². The number of halogens is 1. The number of nitrogens with zero attached hydrogens (tertiary/aromatic N) is 2. The second-order valence-electron chi connectivity index (χ2n) is 3.09. The van der Waals surface area contributed by atoms with Gasteiger partial charge in [-0.1, -0.05) is 5.92 Å². The van der Waals surface area contributed by atoms with E-state index in [1.165, 1.54) is 0 Å². The highest BCUT2D eigenvalue weighted by Crippen LogP contribution is 2.15. The lowest BCUT2D eigenvalue weighted by molar-refractivity contribution is 0.480. The Kier molecular flexibility index (Phi) is 4.22. The molecule has 1 aromatic rings. The maximum Gasteiger partial charge on any atom is 0.244 e. The van der Waals surface area contributed by atoms with Gasteiger partial charge in [-0.15, -0.1) is 6.42 Å².